The van der Waals surface area contributed by atoms with Crippen molar-refractivity contribution in [1.29, 1.82) is 0 Å². The molecule has 1 aliphatic heterocycles. The predicted octanol–water partition coefficient (Wildman–Crippen LogP) is 3.84. The molecule has 0 aliphatic carbocycles. The number of carbonyl (C=O) groups excluding carboxylic acids is 3. The minimum atomic E-state index is -0.508. The number of pyridine rings is 1. The smallest absolute Gasteiger partial charge is 0.312 e. The van der Waals surface area contributed by atoms with Gasteiger partial charge in [0.2, 0.25) is 0 Å². The standard InChI is InChI=1S/C24H18N2O4/c27-22(13-16-26-23(28)20-3-1-2-4-21(20)24(26)29)30-19-9-7-17(8-10-19)5-6-18-11-14-25-15-12-18/h1-12,14-15H,13,16H2/b6-5+. The maximum absolute atomic E-state index is 12.3. The first-order chi connectivity index (χ1) is 14.6. The predicted molar refractivity (Wildman–Crippen MR) is 112 cm³/mol. The van der Waals surface area contributed by atoms with Crippen LogP contribution in [-0.4, -0.2) is 34.2 Å². The van der Waals surface area contributed by atoms with E-state index < -0.39 is 5.97 Å². The van der Waals surface area contributed by atoms with E-state index in [1.54, 1.807) is 48.8 Å². The Balaban J connectivity index is 1.31. The van der Waals surface area contributed by atoms with Crippen molar-refractivity contribution in [3.05, 3.63) is 95.3 Å². The Hall–Kier alpha value is -4.06. The van der Waals surface area contributed by atoms with Crippen molar-refractivity contribution in [1.82, 2.24) is 9.88 Å². The normalized spacial score (nSPS) is 13.0. The largest absolute Gasteiger partial charge is 0.426 e. The molecule has 2 heterocycles. The van der Waals surface area contributed by atoms with Gasteiger partial charge < -0.3 is 4.74 Å². The van der Waals surface area contributed by atoms with Crippen molar-refractivity contribution in [2.75, 3.05) is 6.54 Å². The average molecular weight is 398 g/mol. The molecule has 148 valence electrons. The summed E-state index contributed by atoms with van der Waals surface area (Å²) in [5.41, 5.74) is 2.73. The molecular weight excluding hydrogens is 380 g/mol. The number of fused-ring (bicyclic) bond motifs is 1. The highest BCUT2D eigenvalue weighted by molar-refractivity contribution is 6.21. The number of benzene rings is 2. The number of hydrogen-bond acceptors (Lipinski definition) is 5. The minimum Gasteiger partial charge on any atom is -0.426 e. The summed E-state index contributed by atoms with van der Waals surface area (Å²) in [4.78, 5) is 41.9. The van der Waals surface area contributed by atoms with Gasteiger partial charge in [-0.1, -0.05) is 36.4 Å². The van der Waals surface area contributed by atoms with Crippen LogP contribution in [0.2, 0.25) is 0 Å². The average Bonchev–Trinajstić information content (AvgIpc) is 3.02. The fourth-order valence-corrected chi connectivity index (χ4v) is 3.14. The molecule has 0 radical (unpaired) electrons. The molecule has 1 aromatic heterocycles. The van der Waals surface area contributed by atoms with E-state index in [4.69, 9.17) is 4.74 Å². The summed E-state index contributed by atoms with van der Waals surface area (Å²) in [6.45, 7) is -0.0159. The van der Waals surface area contributed by atoms with E-state index in [-0.39, 0.29) is 24.8 Å². The lowest BCUT2D eigenvalue weighted by atomic mass is 10.1. The quantitative estimate of drug-likeness (QED) is 0.358. The molecule has 0 spiro atoms. The first-order valence-electron chi connectivity index (χ1n) is 9.46. The Morgan fingerprint density at radius 1 is 0.833 bits per heavy atom. The van der Waals surface area contributed by atoms with Crippen LogP contribution in [0.5, 0.6) is 5.75 Å². The second-order valence-corrected chi connectivity index (χ2v) is 6.71. The molecule has 6 heteroatoms. The first kappa shape index (κ1) is 19.3. The van der Waals surface area contributed by atoms with Gasteiger partial charge in [0, 0.05) is 18.9 Å². The fraction of sp³-hybridized carbons (Fsp3) is 0.0833. The van der Waals surface area contributed by atoms with Crippen molar-refractivity contribution in [3.8, 4) is 5.75 Å². The van der Waals surface area contributed by atoms with E-state index in [9.17, 15) is 14.4 Å². The van der Waals surface area contributed by atoms with Gasteiger partial charge in [-0.2, -0.15) is 0 Å². The summed E-state index contributed by atoms with van der Waals surface area (Å²) < 4.78 is 5.32. The van der Waals surface area contributed by atoms with Gasteiger partial charge in [0.25, 0.3) is 11.8 Å². The van der Waals surface area contributed by atoms with Crippen LogP contribution in [0.15, 0.2) is 73.1 Å². The molecule has 0 bridgehead atoms. The summed E-state index contributed by atoms with van der Waals surface area (Å²) in [6.07, 6.45) is 7.29. The summed E-state index contributed by atoms with van der Waals surface area (Å²) in [5.74, 6) is -0.863. The molecule has 0 saturated carbocycles. The van der Waals surface area contributed by atoms with Crippen LogP contribution >= 0.6 is 0 Å². The van der Waals surface area contributed by atoms with E-state index in [0.717, 1.165) is 16.0 Å². The Labute approximate surface area is 173 Å². The Morgan fingerprint density at radius 3 is 2.00 bits per heavy atom. The SMILES string of the molecule is O=C(CCN1C(=O)c2ccccc2C1=O)Oc1ccc(/C=C/c2ccncc2)cc1. The second-order valence-electron chi connectivity index (χ2n) is 6.71. The monoisotopic (exact) mass is 398 g/mol. The van der Waals surface area contributed by atoms with Gasteiger partial charge in [-0.15, -0.1) is 0 Å². The molecule has 0 N–H and O–H groups in total. The molecule has 4 rings (SSSR count). The molecule has 0 fully saturated rings. The molecular formula is C24H18N2O4. The van der Waals surface area contributed by atoms with Crippen molar-refractivity contribution in [2.24, 2.45) is 0 Å². The summed E-state index contributed by atoms with van der Waals surface area (Å²) in [5, 5.41) is 0. The lowest BCUT2D eigenvalue weighted by Crippen LogP contribution is -2.32. The van der Waals surface area contributed by atoms with Gasteiger partial charge in [0.05, 0.1) is 17.5 Å². The van der Waals surface area contributed by atoms with Crippen LogP contribution in [0, 0.1) is 0 Å². The number of amides is 2. The third-order valence-electron chi connectivity index (χ3n) is 4.70. The topological polar surface area (TPSA) is 76.6 Å². The third kappa shape index (κ3) is 4.17. The zero-order valence-corrected chi connectivity index (χ0v) is 16.0. The van der Waals surface area contributed by atoms with Gasteiger partial charge in [-0.25, -0.2) is 0 Å². The lowest BCUT2D eigenvalue weighted by Gasteiger charge is -2.13. The van der Waals surface area contributed by atoms with E-state index >= 15 is 0 Å². The summed E-state index contributed by atoms with van der Waals surface area (Å²) >= 11 is 0. The molecule has 6 nitrogen and oxygen atoms in total. The van der Waals surface area contributed by atoms with Gasteiger partial charge in [0.1, 0.15) is 5.75 Å². The number of hydrogen-bond donors (Lipinski definition) is 0. The van der Waals surface area contributed by atoms with Crippen molar-refractivity contribution >= 4 is 29.9 Å². The van der Waals surface area contributed by atoms with E-state index in [1.165, 1.54) is 0 Å². The molecule has 2 amide bonds. The molecule has 0 unspecified atom stereocenters. The Kier molecular flexibility index (Phi) is 5.48. The molecule has 0 atom stereocenters. The lowest BCUT2D eigenvalue weighted by molar-refractivity contribution is -0.134. The fourth-order valence-electron chi connectivity index (χ4n) is 3.14. The van der Waals surface area contributed by atoms with Crippen LogP contribution in [0.4, 0.5) is 0 Å². The molecule has 0 saturated heterocycles. The minimum absolute atomic E-state index is 0.0159. The van der Waals surface area contributed by atoms with Gasteiger partial charge in [-0.05, 0) is 47.5 Å². The molecule has 3 aromatic rings. The number of carbonyl (C=O) groups is 3. The van der Waals surface area contributed by atoms with Crippen LogP contribution in [0.25, 0.3) is 12.2 Å². The number of nitrogens with zero attached hydrogens (tertiary/aromatic N) is 2. The number of ether oxygens (including phenoxy) is 1. The number of esters is 1. The van der Waals surface area contributed by atoms with Crippen LogP contribution < -0.4 is 4.74 Å². The van der Waals surface area contributed by atoms with Gasteiger partial charge in [0.15, 0.2) is 0 Å². The highest BCUT2D eigenvalue weighted by Gasteiger charge is 2.35. The number of imide groups is 1. The van der Waals surface area contributed by atoms with Crippen molar-refractivity contribution in [3.63, 3.8) is 0 Å². The zero-order chi connectivity index (χ0) is 20.9. The zero-order valence-electron chi connectivity index (χ0n) is 16.0. The Bertz CT molecular complexity index is 1090. The highest BCUT2D eigenvalue weighted by Crippen LogP contribution is 2.22. The summed E-state index contributed by atoms with van der Waals surface area (Å²) in [7, 11) is 0. The van der Waals surface area contributed by atoms with Gasteiger partial charge in [-0.3, -0.25) is 24.3 Å². The molecule has 30 heavy (non-hydrogen) atoms. The first-order valence-corrected chi connectivity index (χ1v) is 9.46. The molecule has 1 aliphatic rings. The summed E-state index contributed by atoms with van der Waals surface area (Å²) in [6, 6.07) is 17.5. The second kappa shape index (κ2) is 8.53. The van der Waals surface area contributed by atoms with Crippen molar-refractivity contribution in [2.45, 2.75) is 6.42 Å². The van der Waals surface area contributed by atoms with Crippen molar-refractivity contribution < 1.29 is 19.1 Å². The Morgan fingerprint density at radius 2 is 1.40 bits per heavy atom. The highest BCUT2D eigenvalue weighted by atomic mass is 16.5. The third-order valence-corrected chi connectivity index (χ3v) is 4.70. The van der Waals surface area contributed by atoms with E-state index in [1.807, 2.05) is 36.4 Å². The maximum atomic E-state index is 12.3. The van der Waals surface area contributed by atoms with E-state index in [0.29, 0.717) is 16.9 Å². The van der Waals surface area contributed by atoms with E-state index in [2.05, 4.69) is 4.98 Å². The van der Waals surface area contributed by atoms with Crippen LogP contribution in [0.3, 0.4) is 0 Å². The van der Waals surface area contributed by atoms with Crippen LogP contribution in [0.1, 0.15) is 38.3 Å². The van der Waals surface area contributed by atoms with Gasteiger partial charge >= 0.3 is 5.97 Å². The molecule has 2 aromatic carbocycles. The van der Waals surface area contributed by atoms with Crippen LogP contribution in [-0.2, 0) is 4.79 Å². The number of rotatable bonds is 6. The maximum Gasteiger partial charge on any atom is 0.312 e. The number of aromatic nitrogens is 1.